The second-order valence-electron chi connectivity index (χ2n) is 4.72. The molecule has 1 N–H and O–H groups in total. The van der Waals surface area contributed by atoms with Crippen molar-refractivity contribution in [3.63, 3.8) is 0 Å². The molecule has 0 aliphatic heterocycles. The highest BCUT2D eigenvalue weighted by Gasteiger charge is 2.21. The Morgan fingerprint density at radius 2 is 2.25 bits per heavy atom. The predicted octanol–water partition coefficient (Wildman–Crippen LogP) is 3.43. The van der Waals surface area contributed by atoms with Gasteiger partial charge in [-0.05, 0) is 31.6 Å². The molecule has 16 heavy (non-hydrogen) atoms. The Hall–Kier alpha value is -0.790. The van der Waals surface area contributed by atoms with Gasteiger partial charge in [0, 0.05) is 12.6 Å². The minimum Gasteiger partial charge on any atom is -0.355 e. The topological polar surface area (TPSA) is 29.1 Å². The van der Waals surface area contributed by atoms with Crippen LogP contribution in [0.5, 0.6) is 0 Å². The molecule has 1 aliphatic rings. The summed E-state index contributed by atoms with van der Waals surface area (Å²) < 4.78 is 0. The molecule has 2 heteroatoms. The molecule has 0 aromatic rings. The van der Waals surface area contributed by atoms with Crippen LogP contribution in [0.3, 0.4) is 0 Å². The van der Waals surface area contributed by atoms with Crippen LogP contribution in [0.25, 0.3) is 0 Å². The van der Waals surface area contributed by atoms with Crippen molar-refractivity contribution in [2.24, 2.45) is 5.92 Å². The van der Waals surface area contributed by atoms with Crippen molar-refractivity contribution < 1.29 is 4.79 Å². The maximum Gasteiger partial charge on any atom is 0.246 e. The first kappa shape index (κ1) is 13.3. The Balaban J connectivity index is 2.40. The van der Waals surface area contributed by atoms with Crippen molar-refractivity contribution >= 4 is 5.91 Å². The molecule has 0 aromatic carbocycles. The minimum absolute atomic E-state index is 0.139. The summed E-state index contributed by atoms with van der Waals surface area (Å²) in [7, 11) is 1.73. The first-order chi connectivity index (χ1) is 7.79. The number of amides is 1. The second kappa shape index (κ2) is 7.48. The normalized spacial score (nSPS) is 20.4. The van der Waals surface area contributed by atoms with Gasteiger partial charge in [-0.2, -0.15) is 0 Å². The Morgan fingerprint density at radius 3 is 2.94 bits per heavy atom. The van der Waals surface area contributed by atoms with Crippen LogP contribution in [-0.4, -0.2) is 13.0 Å². The third kappa shape index (κ3) is 3.99. The predicted molar refractivity (Wildman–Crippen MR) is 68.2 cm³/mol. The van der Waals surface area contributed by atoms with E-state index in [1.165, 1.54) is 44.9 Å². The van der Waals surface area contributed by atoms with Gasteiger partial charge in [0.05, 0.1) is 0 Å². The van der Waals surface area contributed by atoms with Gasteiger partial charge < -0.3 is 5.32 Å². The molecule has 0 saturated carbocycles. The van der Waals surface area contributed by atoms with E-state index in [1.54, 1.807) is 7.05 Å². The van der Waals surface area contributed by atoms with Crippen molar-refractivity contribution in [3.05, 3.63) is 11.6 Å². The number of nitrogens with one attached hydrogen (secondary N) is 1. The summed E-state index contributed by atoms with van der Waals surface area (Å²) in [6.45, 7) is 2.23. The van der Waals surface area contributed by atoms with Crippen LogP contribution >= 0.6 is 0 Å². The van der Waals surface area contributed by atoms with Crippen LogP contribution < -0.4 is 5.32 Å². The van der Waals surface area contributed by atoms with Crippen LogP contribution in [0.15, 0.2) is 11.6 Å². The van der Waals surface area contributed by atoms with Gasteiger partial charge in [0.15, 0.2) is 0 Å². The highest BCUT2D eigenvalue weighted by atomic mass is 16.1. The number of hydrogen-bond donors (Lipinski definition) is 1. The molecular weight excluding hydrogens is 198 g/mol. The maximum absolute atomic E-state index is 11.7. The monoisotopic (exact) mass is 223 g/mol. The Labute approximate surface area is 99.5 Å². The van der Waals surface area contributed by atoms with E-state index in [0.29, 0.717) is 5.92 Å². The largest absolute Gasteiger partial charge is 0.355 e. The highest BCUT2D eigenvalue weighted by Crippen LogP contribution is 2.29. The summed E-state index contributed by atoms with van der Waals surface area (Å²) in [6, 6.07) is 0. The lowest BCUT2D eigenvalue weighted by atomic mass is 9.83. The second-order valence-corrected chi connectivity index (χ2v) is 4.72. The van der Waals surface area contributed by atoms with Gasteiger partial charge in [-0.1, -0.05) is 38.7 Å². The van der Waals surface area contributed by atoms with Crippen LogP contribution in [0.1, 0.15) is 58.3 Å². The number of hydrogen-bond acceptors (Lipinski definition) is 1. The SMILES string of the molecule is CCCCCCC1CCCC=C1C(=O)NC. The molecule has 1 unspecified atom stereocenters. The molecule has 1 aliphatic carbocycles. The average molecular weight is 223 g/mol. The average Bonchev–Trinajstić information content (AvgIpc) is 2.34. The number of carbonyl (C=O) groups is 1. The van der Waals surface area contributed by atoms with Crippen molar-refractivity contribution in [1.29, 1.82) is 0 Å². The number of rotatable bonds is 6. The summed E-state index contributed by atoms with van der Waals surface area (Å²) in [4.78, 5) is 11.7. The van der Waals surface area contributed by atoms with Gasteiger partial charge in [-0.25, -0.2) is 0 Å². The molecule has 1 amide bonds. The van der Waals surface area contributed by atoms with Gasteiger partial charge in [0.25, 0.3) is 0 Å². The van der Waals surface area contributed by atoms with E-state index in [1.807, 2.05) is 0 Å². The lowest BCUT2D eigenvalue weighted by molar-refractivity contribution is -0.117. The molecule has 0 aromatic heterocycles. The van der Waals surface area contributed by atoms with Crippen molar-refractivity contribution in [3.8, 4) is 0 Å². The zero-order valence-electron chi connectivity index (χ0n) is 10.7. The number of likely N-dealkylation sites (N-methyl/N-ethyl adjacent to an activating group) is 1. The number of carbonyl (C=O) groups excluding carboxylic acids is 1. The first-order valence-electron chi connectivity index (χ1n) is 6.71. The molecule has 0 saturated heterocycles. The summed E-state index contributed by atoms with van der Waals surface area (Å²) in [5.74, 6) is 0.658. The summed E-state index contributed by atoms with van der Waals surface area (Å²) in [5, 5.41) is 2.76. The summed E-state index contributed by atoms with van der Waals surface area (Å²) in [6.07, 6.45) is 12.1. The van der Waals surface area contributed by atoms with E-state index in [9.17, 15) is 4.79 Å². The third-order valence-electron chi connectivity index (χ3n) is 3.46. The van der Waals surface area contributed by atoms with Crippen molar-refractivity contribution in [1.82, 2.24) is 5.32 Å². The van der Waals surface area contributed by atoms with Gasteiger partial charge in [0.2, 0.25) is 5.91 Å². The fraction of sp³-hybridized carbons (Fsp3) is 0.786. The van der Waals surface area contributed by atoms with Crippen LogP contribution in [0.4, 0.5) is 0 Å². The number of unbranched alkanes of at least 4 members (excludes halogenated alkanes) is 3. The smallest absolute Gasteiger partial charge is 0.246 e. The highest BCUT2D eigenvalue weighted by molar-refractivity contribution is 5.93. The molecular formula is C14H25NO. The lowest BCUT2D eigenvalue weighted by Crippen LogP contribution is -2.26. The summed E-state index contributed by atoms with van der Waals surface area (Å²) >= 11 is 0. The molecule has 1 atom stereocenters. The Bertz CT molecular complexity index is 245. The van der Waals surface area contributed by atoms with Crippen LogP contribution in [-0.2, 0) is 4.79 Å². The van der Waals surface area contributed by atoms with Crippen LogP contribution in [0, 0.1) is 5.92 Å². The standard InChI is InChI=1S/C14H25NO/c1-3-4-5-6-9-12-10-7-8-11-13(12)14(16)15-2/h11-12H,3-10H2,1-2H3,(H,15,16). The fourth-order valence-electron chi connectivity index (χ4n) is 2.48. The minimum atomic E-state index is 0.139. The van der Waals surface area contributed by atoms with E-state index in [2.05, 4.69) is 18.3 Å². The zero-order chi connectivity index (χ0) is 11.8. The first-order valence-corrected chi connectivity index (χ1v) is 6.71. The Morgan fingerprint density at radius 1 is 1.44 bits per heavy atom. The molecule has 1 rings (SSSR count). The van der Waals surface area contributed by atoms with E-state index in [-0.39, 0.29) is 5.91 Å². The van der Waals surface area contributed by atoms with Gasteiger partial charge in [-0.15, -0.1) is 0 Å². The molecule has 0 radical (unpaired) electrons. The van der Waals surface area contributed by atoms with E-state index in [0.717, 1.165) is 12.0 Å². The molecule has 0 heterocycles. The fourth-order valence-corrected chi connectivity index (χ4v) is 2.48. The third-order valence-corrected chi connectivity index (χ3v) is 3.46. The number of allylic oxidation sites excluding steroid dienone is 1. The van der Waals surface area contributed by atoms with Crippen molar-refractivity contribution in [2.45, 2.75) is 58.3 Å². The van der Waals surface area contributed by atoms with Crippen LogP contribution in [0.2, 0.25) is 0 Å². The molecule has 0 fully saturated rings. The molecule has 2 nitrogen and oxygen atoms in total. The molecule has 0 bridgehead atoms. The summed E-state index contributed by atoms with van der Waals surface area (Å²) in [5.41, 5.74) is 1.05. The quantitative estimate of drug-likeness (QED) is 0.687. The van der Waals surface area contributed by atoms with E-state index < -0.39 is 0 Å². The van der Waals surface area contributed by atoms with Gasteiger partial charge in [-0.3, -0.25) is 4.79 Å². The molecule has 0 spiro atoms. The molecule has 92 valence electrons. The van der Waals surface area contributed by atoms with E-state index in [4.69, 9.17) is 0 Å². The lowest BCUT2D eigenvalue weighted by Gasteiger charge is -2.23. The maximum atomic E-state index is 11.7. The van der Waals surface area contributed by atoms with Gasteiger partial charge >= 0.3 is 0 Å². The Kier molecular flexibility index (Phi) is 6.20. The van der Waals surface area contributed by atoms with E-state index >= 15 is 0 Å². The zero-order valence-corrected chi connectivity index (χ0v) is 10.7. The van der Waals surface area contributed by atoms with Crippen molar-refractivity contribution in [2.75, 3.05) is 7.05 Å². The van der Waals surface area contributed by atoms with Gasteiger partial charge in [0.1, 0.15) is 0 Å².